The maximum Gasteiger partial charge on any atom is 0.416 e. The van der Waals surface area contributed by atoms with E-state index in [0.29, 0.717) is 11.3 Å². The van der Waals surface area contributed by atoms with Gasteiger partial charge in [0, 0.05) is 12.2 Å². The third kappa shape index (κ3) is 5.53. The molecule has 1 atom stereocenters. The molecule has 0 aromatic heterocycles. The molecule has 7 heteroatoms. The SMILES string of the molecule is Cc1ccc(N(CCc2ccc(C(F)(F)F)cc2)C(=O)C(O)c2ccc(F)cc2)cc1C. The number of halogens is 4. The average molecular weight is 445 g/mol. The largest absolute Gasteiger partial charge is 0.416 e. The van der Waals surface area contributed by atoms with Crippen LogP contribution in [0.5, 0.6) is 0 Å². The molecular formula is C25H23F4NO2. The number of carbonyl (C=O) groups is 1. The first-order chi connectivity index (χ1) is 15.1. The summed E-state index contributed by atoms with van der Waals surface area (Å²) in [6.45, 7) is 3.97. The molecule has 0 radical (unpaired) electrons. The molecule has 32 heavy (non-hydrogen) atoms. The van der Waals surface area contributed by atoms with Crippen molar-refractivity contribution in [3.8, 4) is 0 Å². The molecule has 0 heterocycles. The topological polar surface area (TPSA) is 40.5 Å². The van der Waals surface area contributed by atoms with Crippen LogP contribution in [0.15, 0.2) is 66.7 Å². The van der Waals surface area contributed by atoms with Crippen LogP contribution in [0.2, 0.25) is 0 Å². The van der Waals surface area contributed by atoms with E-state index >= 15 is 0 Å². The zero-order chi connectivity index (χ0) is 23.5. The summed E-state index contributed by atoms with van der Waals surface area (Å²) in [5.41, 5.74) is 2.67. The highest BCUT2D eigenvalue weighted by molar-refractivity contribution is 5.97. The molecule has 0 bridgehead atoms. The molecule has 3 rings (SSSR count). The number of nitrogens with zero attached hydrogens (tertiary/aromatic N) is 1. The molecule has 1 amide bonds. The number of alkyl halides is 3. The minimum absolute atomic E-state index is 0.144. The van der Waals surface area contributed by atoms with E-state index in [2.05, 4.69) is 0 Å². The summed E-state index contributed by atoms with van der Waals surface area (Å²) in [5, 5.41) is 10.6. The van der Waals surface area contributed by atoms with Crippen LogP contribution in [0.25, 0.3) is 0 Å². The average Bonchev–Trinajstić information content (AvgIpc) is 2.76. The molecule has 1 unspecified atom stereocenters. The zero-order valence-electron chi connectivity index (χ0n) is 17.7. The van der Waals surface area contributed by atoms with Gasteiger partial charge in [-0.05, 0) is 78.9 Å². The molecule has 0 saturated heterocycles. The number of aryl methyl sites for hydroxylation is 2. The Kier molecular flexibility index (Phi) is 6.99. The minimum Gasteiger partial charge on any atom is -0.378 e. The minimum atomic E-state index is -4.42. The van der Waals surface area contributed by atoms with E-state index in [1.54, 1.807) is 6.07 Å². The van der Waals surface area contributed by atoms with E-state index in [4.69, 9.17) is 0 Å². The summed E-state index contributed by atoms with van der Waals surface area (Å²) in [6.07, 6.45) is -5.64. The van der Waals surface area contributed by atoms with Crippen LogP contribution in [0.1, 0.15) is 33.9 Å². The van der Waals surface area contributed by atoms with Gasteiger partial charge in [0.25, 0.3) is 5.91 Å². The summed E-state index contributed by atoms with van der Waals surface area (Å²) >= 11 is 0. The summed E-state index contributed by atoms with van der Waals surface area (Å²) in [5.74, 6) is -1.09. The fraction of sp³-hybridized carbons (Fsp3) is 0.240. The van der Waals surface area contributed by atoms with Crippen LogP contribution in [0, 0.1) is 19.7 Å². The standard InChI is InChI=1S/C25H23F4NO2/c1-16-3-12-22(15-17(16)2)30(24(32)23(31)19-6-10-21(26)11-7-19)14-13-18-4-8-20(9-5-18)25(27,28)29/h3-12,15,23,31H,13-14H2,1-2H3. The number of benzene rings is 3. The van der Waals surface area contributed by atoms with Gasteiger partial charge >= 0.3 is 6.18 Å². The van der Waals surface area contributed by atoms with Gasteiger partial charge in [-0.2, -0.15) is 13.2 Å². The first-order valence-corrected chi connectivity index (χ1v) is 10.0. The lowest BCUT2D eigenvalue weighted by Gasteiger charge is -2.26. The molecule has 3 aromatic rings. The second-order valence-corrected chi connectivity index (χ2v) is 7.66. The Balaban J connectivity index is 1.86. The first-order valence-electron chi connectivity index (χ1n) is 10.0. The van der Waals surface area contributed by atoms with E-state index in [1.165, 1.54) is 29.2 Å². The van der Waals surface area contributed by atoms with Crippen molar-refractivity contribution in [2.24, 2.45) is 0 Å². The zero-order valence-corrected chi connectivity index (χ0v) is 17.7. The van der Waals surface area contributed by atoms with Crippen molar-refractivity contribution in [2.75, 3.05) is 11.4 Å². The van der Waals surface area contributed by atoms with E-state index in [9.17, 15) is 27.5 Å². The second kappa shape index (κ2) is 9.53. The Bertz CT molecular complexity index is 1080. The third-order valence-electron chi connectivity index (χ3n) is 5.39. The van der Waals surface area contributed by atoms with Crippen molar-refractivity contribution in [3.05, 3.63) is 100 Å². The van der Waals surface area contributed by atoms with Gasteiger partial charge in [-0.25, -0.2) is 4.39 Å². The second-order valence-electron chi connectivity index (χ2n) is 7.66. The molecule has 0 saturated carbocycles. The molecule has 3 aromatic carbocycles. The number of rotatable bonds is 6. The molecule has 3 nitrogen and oxygen atoms in total. The van der Waals surface area contributed by atoms with Gasteiger partial charge in [-0.1, -0.05) is 30.3 Å². The van der Waals surface area contributed by atoms with Crippen molar-refractivity contribution >= 4 is 11.6 Å². The van der Waals surface area contributed by atoms with Crippen LogP contribution >= 0.6 is 0 Å². The van der Waals surface area contributed by atoms with Gasteiger partial charge in [0.1, 0.15) is 5.82 Å². The number of aliphatic hydroxyl groups excluding tert-OH is 1. The van der Waals surface area contributed by atoms with Crippen LogP contribution in [-0.4, -0.2) is 17.6 Å². The summed E-state index contributed by atoms with van der Waals surface area (Å²) in [7, 11) is 0. The molecule has 0 spiro atoms. The van der Waals surface area contributed by atoms with E-state index < -0.39 is 29.6 Å². The Morgan fingerprint density at radius 1 is 0.938 bits per heavy atom. The van der Waals surface area contributed by atoms with Gasteiger partial charge in [-0.15, -0.1) is 0 Å². The van der Waals surface area contributed by atoms with Crippen LogP contribution < -0.4 is 4.90 Å². The molecule has 0 aliphatic heterocycles. The van der Waals surface area contributed by atoms with E-state index in [-0.39, 0.29) is 18.5 Å². The van der Waals surface area contributed by atoms with Crippen molar-refractivity contribution < 1.29 is 27.5 Å². The van der Waals surface area contributed by atoms with Gasteiger partial charge in [0.15, 0.2) is 6.10 Å². The van der Waals surface area contributed by atoms with Gasteiger partial charge < -0.3 is 10.0 Å². The smallest absolute Gasteiger partial charge is 0.378 e. The third-order valence-corrected chi connectivity index (χ3v) is 5.39. The molecule has 0 aliphatic rings. The highest BCUT2D eigenvalue weighted by atomic mass is 19.4. The Morgan fingerprint density at radius 3 is 2.12 bits per heavy atom. The van der Waals surface area contributed by atoms with Crippen molar-refractivity contribution in [2.45, 2.75) is 32.5 Å². The van der Waals surface area contributed by atoms with Crippen molar-refractivity contribution in [3.63, 3.8) is 0 Å². The number of aliphatic hydroxyl groups is 1. The normalized spacial score (nSPS) is 12.5. The number of hydrogen-bond donors (Lipinski definition) is 1. The fourth-order valence-electron chi connectivity index (χ4n) is 3.30. The summed E-state index contributed by atoms with van der Waals surface area (Å²) in [6, 6.07) is 15.2. The number of hydrogen-bond acceptors (Lipinski definition) is 2. The number of carbonyl (C=O) groups excluding carboxylic acids is 1. The lowest BCUT2D eigenvalue weighted by molar-refractivity contribution is -0.137. The number of amides is 1. The van der Waals surface area contributed by atoms with E-state index in [0.717, 1.165) is 35.4 Å². The number of anilines is 1. The van der Waals surface area contributed by atoms with Crippen LogP contribution in [0.4, 0.5) is 23.2 Å². The van der Waals surface area contributed by atoms with Crippen molar-refractivity contribution in [1.82, 2.24) is 0 Å². The van der Waals surface area contributed by atoms with Crippen molar-refractivity contribution in [1.29, 1.82) is 0 Å². The summed E-state index contributed by atoms with van der Waals surface area (Å²) in [4.78, 5) is 14.6. The lowest BCUT2D eigenvalue weighted by atomic mass is 10.0. The van der Waals surface area contributed by atoms with Crippen LogP contribution in [-0.2, 0) is 17.4 Å². The van der Waals surface area contributed by atoms with Crippen LogP contribution in [0.3, 0.4) is 0 Å². The Hall–Kier alpha value is -3.19. The lowest BCUT2D eigenvalue weighted by Crippen LogP contribution is -2.37. The van der Waals surface area contributed by atoms with E-state index in [1.807, 2.05) is 26.0 Å². The molecule has 0 aliphatic carbocycles. The fourth-order valence-corrected chi connectivity index (χ4v) is 3.30. The first kappa shape index (κ1) is 23.5. The van der Waals surface area contributed by atoms with Gasteiger partial charge in [0.2, 0.25) is 0 Å². The molecular weight excluding hydrogens is 422 g/mol. The molecule has 168 valence electrons. The molecule has 0 fully saturated rings. The summed E-state index contributed by atoms with van der Waals surface area (Å²) < 4.78 is 51.6. The Morgan fingerprint density at radius 2 is 1.56 bits per heavy atom. The monoisotopic (exact) mass is 445 g/mol. The molecule has 1 N–H and O–H groups in total. The predicted octanol–water partition coefficient (Wildman–Crippen LogP) is 5.77. The Labute approximate surface area is 183 Å². The highest BCUT2D eigenvalue weighted by Crippen LogP contribution is 2.29. The highest BCUT2D eigenvalue weighted by Gasteiger charge is 2.30. The maximum absolute atomic E-state index is 13.2. The van der Waals surface area contributed by atoms with Gasteiger partial charge in [0.05, 0.1) is 5.56 Å². The quantitative estimate of drug-likeness (QED) is 0.490. The van der Waals surface area contributed by atoms with Gasteiger partial charge in [-0.3, -0.25) is 4.79 Å². The maximum atomic E-state index is 13.2. The predicted molar refractivity (Wildman–Crippen MR) is 115 cm³/mol.